The molecule has 2 aromatic rings. The number of hydrogen-bond donors (Lipinski definition) is 3. The van der Waals surface area contributed by atoms with E-state index < -0.39 is 11.9 Å². The van der Waals surface area contributed by atoms with E-state index in [4.69, 9.17) is 5.11 Å². The van der Waals surface area contributed by atoms with Crippen LogP contribution in [0, 0.1) is 5.82 Å². The SMILES string of the molecule is CC(Nc1cccc(CO)c1)C(=O)Nc1ccccc1F. The average molecular weight is 288 g/mol. The normalized spacial score (nSPS) is 11.8. The summed E-state index contributed by atoms with van der Waals surface area (Å²) >= 11 is 0. The fourth-order valence-electron chi connectivity index (χ4n) is 1.88. The predicted molar refractivity (Wildman–Crippen MR) is 80.5 cm³/mol. The molecular formula is C16H17FN2O2. The smallest absolute Gasteiger partial charge is 0.246 e. The summed E-state index contributed by atoms with van der Waals surface area (Å²) in [5, 5.41) is 14.6. The van der Waals surface area contributed by atoms with Crippen LogP contribution in [0.3, 0.4) is 0 Å². The topological polar surface area (TPSA) is 61.4 Å². The fourth-order valence-corrected chi connectivity index (χ4v) is 1.88. The minimum absolute atomic E-state index is 0.0642. The van der Waals surface area contributed by atoms with Crippen LogP contribution in [-0.4, -0.2) is 17.1 Å². The number of amides is 1. The lowest BCUT2D eigenvalue weighted by Crippen LogP contribution is -2.32. The second-order valence-corrected chi connectivity index (χ2v) is 4.69. The lowest BCUT2D eigenvalue weighted by molar-refractivity contribution is -0.116. The third-order valence-electron chi connectivity index (χ3n) is 3.02. The van der Waals surface area contributed by atoms with E-state index >= 15 is 0 Å². The summed E-state index contributed by atoms with van der Waals surface area (Å²) in [5.74, 6) is -0.810. The van der Waals surface area contributed by atoms with Gasteiger partial charge in [-0.3, -0.25) is 4.79 Å². The van der Waals surface area contributed by atoms with E-state index in [2.05, 4.69) is 10.6 Å². The van der Waals surface area contributed by atoms with Crippen molar-refractivity contribution in [1.82, 2.24) is 0 Å². The molecule has 110 valence electrons. The number of hydrogen-bond acceptors (Lipinski definition) is 3. The highest BCUT2D eigenvalue weighted by atomic mass is 19.1. The van der Waals surface area contributed by atoms with Gasteiger partial charge in [0.15, 0.2) is 0 Å². The molecule has 1 atom stereocenters. The van der Waals surface area contributed by atoms with E-state index in [-0.39, 0.29) is 18.2 Å². The Morgan fingerprint density at radius 2 is 2.00 bits per heavy atom. The Kier molecular flexibility index (Phi) is 4.90. The number of anilines is 2. The molecule has 0 aromatic heterocycles. The molecule has 0 bridgehead atoms. The molecule has 1 amide bonds. The van der Waals surface area contributed by atoms with E-state index in [1.165, 1.54) is 12.1 Å². The molecule has 4 nitrogen and oxygen atoms in total. The summed E-state index contributed by atoms with van der Waals surface area (Å²) in [6.45, 7) is 1.62. The van der Waals surface area contributed by atoms with Crippen molar-refractivity contribution in [2.45, 2.75) is 19.6 Å². The molecule has 0 fully saturated rings. The molecule has 2 rings (SSSR count). The van der Waals surface area contributed by atoms with Crippen molar-refractivity contribution in [2.75, 3.05) is 10.6 Å². The van der Waals surface area contributed by atoms with Gasteiger partial charge >= 0.3 is 0 Å². The Balaban J connectivity index is 2.01. The summed E-state index contributed by atoms with van der Waals surface area (Å²) < 4.78 is 13.5. The molecular weight excluding hydrogens is 271 g/mol. The first-order chi connectivity index (χ1) is 10.1. The average Bonchev–Trinajstić information content (AvgIpc) is 2.49. The zero-order chi connectivity index (χ0) is 15.2. The second-order valence-electron chi connectivity index (χ2n) is 4.69. The molecule has 0 saturated carbocycles. The van der Waals surface area contributed by atoms with Crippen LogP contribution in [0.15, 0.2) is 48.5 Å². The molecule has 21 heavy (non-hydrogen) atoms. The standard InChI is InChI=1S/C16H17FN2O2/c1-11(18-13-6-4-5-12(9-13)10-20)16(21)19-15-8-3-2-7-14(15)17/h2-9,11,18,20H,10H2,1H3,(H,19,21). The van der Waals surface area contributed by atoms with Gasteiger partial charge < -0.3 is 15.7 Å². The first kappa shape index (κ1) is 15.0. The van der Waals surface area contributed by atoms with Gasteiger partial charge in [0.05, 0.1) is 12.3 Å². The highest BCUT2D eigenvalue weighted by Gasteiger charge is 2.14. The van der Waals surface area contributed by atoms with Gasteiger partial charge in [-0.05, 0) is 36.8 Å². The molecule has 0 aliphatic carbocycles. The summed E-state index contributed by atoms with van der Waals surface area (Å²) in [4.78, 5) is 12.0. The molecule has 2 aromatic carbocycles. The molecule has 0 aliphatic heterocycles. The van der Waals surface area contributed by atoms with Crippen molar-refractivity contribution in [3.8, 4) is 0 Å². The molecule has 3 N–H and O–H groups in total. The van der Waals surface area contributed by atoms with Crippen LogP contribution in [0.1, 0.15) is 12.5 Å². The predicted octanol–water partition coefficient (Wildman–Crippen LogP) is 2.76. The van der Waals surface area contributed by atoms with Gasteiger partial charge in [0, 0.05) is 5.69 Å². The number of halogens is 1. The van der Waals surface area contributed by atoms with Crippen LogP contribution >= 0.6 is 0 Å². The lowest BCUT2D eigenvalue weighted by atomic mass is 10.2. The number of nitrogens with one attached hydrogen (secondary N) is 2. The van der Waals surface area contributed by atoms with Crippen molar-refractivity contribution >= 4 is 17.3 Å². The van der Waals surface area contributed by atoms with Crippen LogP contribution in [0.5, 0.6) is 0 Å². The van der Waals surface area contributed by atoms with Gasteiger partial charge in [-0.1, -0.05) is 24.3 Å². The van der Waals surface area contributed by atoms with E-state index in [1.54, 1.807) is 43.3 Å². The molecule has 5 heteroatoms. The summed E-state index contributed by atoms with van der Waals surface area (Å²) in [6.07, 6.45) is 0. The van der Waals surface area contributed by atoms with Crippen molar-refractivity contribution in [1.29, 1.82) is 0 Å². The van der Waals surface area contributed by atoms with Crippen molar-refractivity contribution in [2.24, 2.45) is 0 Å². The van der Waals surface area contributed by atoms with Crippen molar-refractivity contribution in [3.63, 3.8) is 0 Å². The van der Waals surface area contributed by atoms with E-state index in [0.29, 0.717) is 0 Å². The number of carbonyl (C=O) groups excluding carboxylic acids is 1. The minimum atomic E-state index is -0.543. The number of carbonyl (C=O) groups is 1. The number of aliphatic hydroxyl groups excluding tert-OH is 1. The van der Waals surface area contributed by atoms with Crippen molar-refractivity contribution in [3.05, 3.63) is 59.9 Å². The van der Waals surface area contributed by atoms with Crippen LogP contribution < -0.4 is 10.6 Å². The monoisotopic (exact) mass is 288 g/mol. The second kappa shape index (κ2) is 6.85. The molecule has 0 spiro atoms. The van der Waals surface area contributed by atoms with E-state index in [1.807, 2.05) is 0 Å². The van der Waals surface area contributed by atoms with Crippen LogP contribution in [0.2, 0.25) is 0 Å². The van der Waals surface area contributed by atoms with Crippen LogP contribution in [-0.2, 0) is 11.4 Å². The molecule has 0 heterocycles. The lowest BCUT2D eigenvalue weighted by Gasteiger charge is -2.16. The molecule has 1 unspecified atom stereocenters. The van der Waals surface area contributed by atoms with Crippen LogP contribution in [0.25, 0.3) is 0 Å². The maximum absolute atomic E-state index is 13.5. The zero-order valence-electron chi connectivity index (χ0n) is 11.6. The maximum atomic E-state index is 13.5. The summed E-state index contributed by atoms with van der Waals surface area (Å²) in [6, 6.07) is 12.6. The fraction of sp³-hybridized carbons (Fsp3) is 0.188. The van der Waals surface area contributed by atoms with Gasteiger partial charge in [-0.25, -0.2) is 4.39 Å². The minimum Gasteiger partial charge on any atom is -0.392 e. The number of para-hydroxylation sites is 1. The Morgan fingerprint density at radius 1 is 1.24 bits per heavy atom. The van der Waals surface area contributed by atoms with E-state index in [0.717, 1.165) is 11.3 Å². The largest absolute Gasteiger partial charge is 0.392 e. The van der Waals surface area contributed by atoms with Crippen molar-refractivity contribution < 1.29 is 14.3 Å². The molecule has 0 radical (unpaired) electrons. The molecule has 0 saturated heterocycles. The van der Waals surface area contributed by atoms with Gasteiger partial charge in [0.25, 0.3) is 0 Å². The molecule has 0 aliphatic rings. The third kappa shape index (κ3) is 4.03. The highest BCUT2D eigenvalue weighted by Crippen LogP contribution is 2.15. The van der Waals surface area contributed by atoms with E-state index in [9.17, 15) is 9.18 Å². The number of benzene rings is 2. The van der Waals surface area contributed by atoms with Gasteiger partial charge in [0.2, 0.25) is 5.91 Å². The zero-order valence-corrected chi connectivity index (χ0v) is 11.6. The van der Waals surface area contributed by atoms with Gasteiger partial charge in [0.1, 0.15) is 11.9 Å². The van der Waals surface area contributed by atoms with Gasteiger partial charge in [-0.2, -0.15) is 0 Å². The Morgan fingerprint density at radius 3 is 2.71 bits per heavy atom. The quantitative estimate of drug-likeness (QED) is 0.793. The number of aliphatic hydroxyl groups is 1. The van der Waals surface area contributed by atoms with Crippen LogP contribution in [0.4, 0.5) is 15.8 Å². The summed E-state index contributed by atoms with van der Waals surface area (Å²) in [7, 11) is 0. The maximum Gasteiger partial charge on any atom is 0.246 e. The first-order valence-corrected chi connectivity index (χ1v) is 6.62. The Bertz CT molecular complexity index is 631. The number of rotatable bonds is 5. The highest BCUT2D eigenvalue weighted by molar-refractivity contribution is 5.96. The third-order valence-corrected chi connectivity index (χ3v) is 3.02. The summed E-state index contributed by atoms with van der Waals surface area (Å²) in [5.41, 5.74) is 1.62. The Labute approximate surface area is 122 Å². The first-order valence-electron chi connectivity index (χ1n) is 6.62. The Hall–Kier alpha value is -2.40. The van der Waals surface area contributed by atoms with Gasteiger partial charge in [-0.15, -0.1) is 0 Å².